The van der Waals surface area contributed by atoms with Gasteiger partial charge in [-0.15, -0.1) is 11.3 Å². The smallest absolute Gasteiger partial charge is 0.295 e. The van der Waals surface area contributed by atoms with Crippen LogP contribution in [-0.2, 0) is 11.3 Å². The quantitative estimate of drug-likeness (QED) is 0.607. The Balaban J connectivity index is 1.46. The Morgan fingerprint density at radius 2 is 2.06 bits per heavy atom. The number of carbonyl (C=O) groups excluding carboxylic acids is 1. The Kier molecular flexibility index (Phi) is 6.65. The number of aromatic nitrogens is 3. The van der Waals surface area contributed by atoms with Crippen molar-refractivity contribution in [1.29, 1.82) is 0 Å². The van der Waals surface area contributed by atoms with E-state index in [1.54, 1.807) is 22.1 Å². The molecule has 1 N–H and O–H groups in total. The first kappa shape index (κ1) is 21.5. The van der Waals surface area contributed by atoms with Crippen LogP contribution < -0.4 is 15.8 Å². The van der Waals surface area contributed by atoms with Crippen molar-refractivity contribution in [2.75, 3.05) is 18.0 Å². The lowest BCUT2D eigenvalue weighted by Crippen LogP contribution is -2.44. The van der Waals surface area contributed by atoms with Crippen LogP contribution in [0.25, 0.3) is 11.2 Å². The van der Waals surface area contributed by atoms with Gasteiger partial charge >= 0.3 is 0 Å². The molecule has 1 unspecified atom stereocenters. The third kappa shape index (κ3) is 4.49. The molecule has 4 heterocycles. The van der Waals surface area contributed by atoms with Gasteiger partial charge in [0.05, 0.1) is 6.04 Å². The van der Waals surface area contributed by atoms with Crippen LogP contribution in [0.5, 0.6) is 0 Å². The molecule has 3 aromatic heterocycles. The monoisotopic (exact) mass is 439 g/mol. The predicted octanol–water partition coefficient (Wildman–Crippen LogP) is 3.75. The molecule has 8 heteroatoms. The van der Waals surface area contributed by atoms with E-state index < -0.39 is 0 Å². The highest BCUT2D eigenvalue weighted by Crippen LogP contribution is 2.26. The van der Waals surface area contributed by atoms with E-state index in [0.717, 1.165) is 18.4 Å². The molecule has 4 rings (SSSR count). The first-order valence-corrected chi connectivity index (χ1v) is 11.9. The minimum absolute atomic E-state index is 0.0360. The highest BCUT2D eigenvalue weighted by atomic mass is 32.1. The van der Waals surface area contributed by atoms with E-state index in [0.29, 0.717) is 43.9 Å². The average molecular weight is 440 g/mol. The van der Waals surface area contributed by atoms with Crippen LogP contribution in [0.3, 0.4) is 0 Å². The molecule has 7 nitrogen and oxygen atoms in total. The molecule has 3 aromatic rings. The van der Waals surface area contributed by atoms with Crippen LogP contribution >= 0.6 is 11.3 Å². The van der Waals surface area contributed by atoms with E-state index in [-0.39, 0.29) is 23.4 Å². The fourth-order valence-electron chi connectivity index (χ4n) is 4.27. The summed E-state index contributed by atoms with van der Waals surface area (Å²) >= 11 is 1.69. The zero-order valence-corrected chi connectivity index (χ0v) is 18.9. The number of fused-ring (bicyclic) bond motifs is 1. The van der Waals surface area contributed by atoms with Gasteiger partial charge in [-0.25, -0.2) is 9.97 Å². The molecule has 0 bridgehead atoms. The maximum atomic E-state index is 13.0. The number of hydrogen-bond donors (Lipinski definition) is 1. The van der Waals surface area contributed by atoms with Gasteiger partial charge in [0.15, 0.2) is 11.5 Å². The number of nitrogens with one attached hydrogen (secondary N) is 1. The van der Waals surface area contributed by atoms with Gasteiger partial charge in [-0.3, -0.25) is 14.2 Å². The van der Waals surface area contributed by atoms with Crippen molar-refractivity contribution in [2.45, 2.75) is 52.1 Å². The number of amides is 1. The lowest BCUT2D eigenvalue weighted by Gasteiger charge is -2.32. The number of thiophene rings is 1. The average Bonchev–Trinajstić information content (AvgIpc) is 3.33. The van der Waals surface area contributed by atoms with E-state index in [4.69, 9.17) is 0 Å². The van der Waals surface area contributed by atoms with E-state index in [2.05, 4.69) is 33.7 Å². The highest BCUT2D eigenvalue weighted by molar-refractivity contribution is 7.10. The number of hydrogen-bond acceptors (Lipinski definition) is 6. The van der Waals surface area contributed by atoms with Crippen LogP contribution in [0.15, 0.2) is 40.6 Å². The molecule has 1 atom stereocenters. The lowest BCUT2D eigenvalue weighted by molar-refractivity contribution is -0.126. The molecule has 0 spiro atoms. The topological polar surface area (TPSA) is 80.1 Å². The molecular weight excluding hydrogens is 410 g/mol. The zero-order valence-electron chi connectivity index (χ0n) is 18.1. The predicted molar refractivity (Wildman–Crippen MR) is 125 cm³/mol. The zero-order chi connectivity index (χ0) is 21.8. The molecule has 1 aliphatic heterocycles. The van der Waals surface area contributed by atoms with E-state index in [1.807, 2.05) is 30.0 Å². The minimum atomic E-state index is -0.114. The molecular formula is C23H29N5O2S. The lowest BCUT2D eigenvalue weighted by atomic mass is 9.95. The molecule has 0 radical (unpaired) electrons. The van der Waals surface area contributed by atoms with Gasteiger partial charge in [0.2, 0.25) is 5.91 Å². The number of nitrogens with zero attached hydrogens (tertiary/aromatic N) is 4. The summed E-state index contributed by atoms with van der Waals surface area (Å²) in [5, 5.41) is 5.32. The maximum Gasteiger partial charge on any atom is 0.295 e. The van der Waals surface area contributed by atoms with Crippen molar-refractivity contribution >= 4 is 34.2 Å². The molecule has 0 aromatic carbocycles. The first-order chi connectivity index (χ1) is 15.1. The second-order valence-corrected chi connectivity index (χ2v) is 8.94. The van der Waals surface area contributed by atoms with Crippen molar-refractivity contribution in [3.8, 4) is 0 Å². The summed E-state index contributed by atoms with van der Waals surface area (Å²) in [7, 11) is 0. The summed E-state index contributed by atoms with van der Waals surface area (Å²) in [5.41, 5.74) is 1.22. The molecule has 1 fully saturated rings. The van der Waals surface area contributed by atoms with Gasteiger partial charge in [-0.1, -0.05) is 19.4 Å². The fraction of sp³-hybridized carbons (Fsp3) is 0.478. The van der Waals surface area contributed by atoms with Gasteiger partial charge in [0.25, 0.3) is 5.56 Å². The third-order valence-electron chi connectivity index (χ3n) is 5.95. The highest BCUT2D eigenvalue weighted by Gasteiger charge is 2.29. The largest absolute Gasteiger partial charge is 0.352 e. The maximum absolute atomic E-state index is 13.0. The number of piperidine rings is 1. The molecule has 31 heavy (non-hydrogen) atoms. The van der Waals surface area contributed by atoms with Gasteiger partial charge in [-0.2, -0.15) is 0 Å². The van der Waals surface area contributed by atoms with Crippen molar-refractivity contribution in [3.63, 3.8) is 0 Å². The summed E-state index contributed by atoms with van der Waals surface area (Å²) in [6.07, 6.45) is 5.08. The van der Waals surface area contributed by atoms with Crippen LogP contribution in [0.4, 0.5) is 5.82 Å². The van der Waals surface area contributed by atoms with Crippen molar-refractivity contribution in [3.05, 3.63) is 51.1 Å². The van der Waals surface area contributed by atoms with Crippen LogP contribution in [0.2, 0.25) is 0 Å². The normalized spacial score (nSPS) is 15.9. The Morgan fingerprint density at radius 3 is 2.74 bits per heavy atom. The Labute approximate surface area is 186 Å². The molecule has 1 saturated heterocycles. The minimum Gasteiger partial charge on any atom is -0.352 e. The number of anilines is 1. The van der Waals surface area contributed by atoms with Crippen LogP contribution in [-0.4, -0.2) is 33.5 Å². The summed E-state index contributed by atoms with van der Waals surface area (Å²) in [6.45, 7) is 5.92. The van der Waals surface area contributed by atoms with Gasteiger partial charge in [-0.05, 0) is 49.8 Å². The van der Waals surface area contributed by atoms with Crippen molar-refractivity contribution in [2.24, 2.45) is 5.92 Å². The summed E-state index contributed by atoms with van der Waals surface area (Å²) in [6, 6.07) is 7.92. The van der Waals surface area contributed by atoms with Crippen LogP contribution in [0, 0.1) is 5.92 Å². The SMILES string of the molecule is CCCC(NC(=O)C1CCN(c2nc3cccnc3n(CC)c2=O)CC1)c1cccs1. The van der Waals surface area contributed by atoms with E-state index >= 15 is 0 Å². The fourth-order valence-corrected chi connectivity index (χ4v) is 5.08. The summed E-state index contributed by atoms with van der Waals surface area (Å²) in [4.78, 5) is 38.1. The molecule has 1 amide bonds. The van der Waals surface area contributed by atoms with Gasteiger partial charge in [0.1, 0.15) is 5.52 Å². The summed E-state index contributed by atoms with van der Waals surface area (Å²) in [5.74, 6) is 0.544. The Hall–Kier alpha value is -2.74. The van der Waals surface area contributed by atoms with Gasteiger partial charge < -0.3 is 10.2 Å². The summed E-state index contributed by atoms with van der Waals surface area (Å²) < 4.78 is 1.67. The molecule has 1 aliphatic rings. The Bertz CT molecular complexity index is 1090. The number of aryl methyl sites for hydroxylation is 1. The van der Waals surface area contributed by atoms with E-state index in [9.17, 15) is 9.59 Å². The second kappa shape index (κ2) is 9.60. The second-order valence-electron chi connectivity index (χ2n) is 7.96. The molecule has 164 valence electrons. The number of pyridine rings is 1. The Morgan fingerprint density at radius 1 is 1.26 bits per heavy atom. The standard InChI is InChI=1S/C23H29N5O2S/c1-3-7-17(19-9-6-15-31-19)26-22(29)16-10-13-27(14-11-16)21-23(30)28(4-2)20-18(25-21)8-5-12-24-20/h5-6,8-9,12,15-17H,3-4,7,10-11,13-14H2,1-2H3,(H,26,29). The number of carbonyl (C=O) groups is 1. The number of rotatable bonds is 7. The third-order valence-corrected chi connectivity index (χ3v) is 6.93. The van der Waals surface area contributed by atoms with Crippen molar-refractivity contribution < 1.29 is 4.79 Å². The first-order valence-electron chi connectivity index (χ1n) is 11.1. The molecule has 0 aliphatic carbocycles. The van der Waals surface area contributed by atoms with Gasteiger partial charge in [0, 0.05) is 36.6 Å². The van der Waals surface area contributed by atoms with E-state index in [1.165, 1.54) is 4.88 Å². The van der Waals surface area contributed by atoms with Crippen molar-refractivity contribution in [1.82, 2.24) is 19.9 Å². The van der Waals surface area contributed by atoms with Crippen LogP contribution in [0.1, 0.15) is 50.4 Å². The molecule has 0 saturated carbocycles.